The third-order valence-electron chi connectivity index (χ3n) is 6.55. The fourth-order valence-corrected chi connectivity index (χ4v) is 7.56. The number of nitrogens with zero attached hydrogens (tertiary/aromatic N) is 3. The second kappa shape index (κ2) is 11.1. The van der Waals surface area contributed by atoms with Gasteiger partial charge in [-0.15, -0.1) is 0 Å². The van der Waals surface area contributed by atoms with Crippen LogP contribution in [0.3, 0.4) is 0 Å². The summed E-state index contributed by atoms with van der Waals surface area (Å²) in [4.78, 5) is 23.2. The zero-order valence-electron chi connectivity index (χ0n) is 21.5. The molecular weight excluding hydrogens is 546 g/mol. The van der Waals surface area contributed by atoms with Crippen molar-refractivity contribution in [3.05, 3.63) is 87.7 Å². The van der Waals surface area contributed by atoms with Crippen molar-refractivity contribution in [2.24, 2.45) is 0 Å². The van der Waals surface area contributed by atoms with Crippen molar-refractivity contribution in [1.29, 1.82) is 0 Å². The highest BCUT2D eigenvalue weighted by Crippen LogP contribution is 2.26. The largest absolute Gasteiger partial charge is 0.329 e. The number of aromatic nitrogens is 2. The summed E-state index contributed by atoms with van der Waals surface area (Å²) in [6, 6.07) is 14.2. The molecule has 0 saturated carbocycles. The Kier molecular flexibility index (Phi) is 8.25. The van der Waals surface area contributed by atoms with Gasteiger partial charge in [0.2, 0.25) is 15.0 Å². The maximum Gasteiger partial charge on any atom is 0.274 e. The molecule has 2 heterocycles. The Labute approximate surface area is 228 Å². The van der Waals surface area contributed by atoms with Crippen LogP contribution >= 0.6 is 11.6 Å². The van der Waals surface area contributed by atoms with Gasteiger partial charge in [0.1, 0.15) is 0 Å². The van der Waals surface area contributed by atoms with Gasteiger partial charge in [-0.2, -0.15) is 0 Å². The van der Waals surface area contributed by atoms with E-state index in [0.29, 0.717) is 11.5 Å². The molecule has 1 aromatic heterocycles. The number of amides is 1. The predicted molar refractivity (Wildman–Crippen MR) is 147 cm³/mol. The topological polar surface area (TPSA) is 114 Å². The lowest BCUT2D eigenvalue weighted by molar-refractivity contribution is 0.0674. The van der Waals surface area contributed by atoms with Gasteiger partial charge in [0.25, 0.3) is 5.91 Å². The van der Waals surface area contributed by atoms with Gasteiger partial charge in [0.15, 0.2) is 15.5 Å². The molecule has 1 amide bonds. The van der Waals surface area contributed by atoms with Gasteiger partial charge >= 0.3 is 0 Å². The predicted octanol–water partition coefficient (Wildman–Crippen LogP) is 4.37. The zero-order valence-corrected chi connectivity index (χ0v) is 23.9. The van der Waals surface area contributed by atoms with E-state index in [1.165, 1.54) is 4.90 Å². The molecule has 11 heteroatoms. The van der Waals surface area contributed by atoms with Crippen molar-refractivity contribution >= 4 is 37.2 Å². The molecule has 202 valence electrons. The Balaban J connectivity index is 1.67. The van der Waals surface area contributed by atoms with E-state index < -0.39 is 36.8 Å². The third kappa shape index (κ3) is 6.59. The van der Waals surface area contributed by atoms with E-state index in [2.05, 4.69) is 23.8 Å². The van der Waals surface area contributed by atoms with Crippen molar-refractivity contribution < 1.29 is 21.6 Å². The molecule has 1 aliphatic rings. The third-order valence-corrected chi connectivity index (χ3v) is 10.0. The SMILES string of the molecule is Cc1cccc(CS(=O)(=O)c2ncc(Cl)c(C(=O)N(Cc3ccc(C(C)C)cc3)C3CCS(=O)(=O)C3)n2)c1. The lowest BCUT2D eigenvalue weighted by atomic mass is 10.0. The summed E-state index contributed by atoms with van der Waals surface area (Å²) < 4.78 is 50.7. The van der Waals surface area contributed by atoms with E-state index in [4.69, 9.17) is 11.6 Å². The Hall–Kier alpha value is -2.82. The van der Waals surface area contributed by atoms with Crippen molar-refractivity contribution in [2.75, 3.05) is 11.5 Å². The number of halogens is 1. The van der Waals surface area contributed by atoms with Crippen LogP contribution in [0.1, 0.15) is 58.9 Å². The van der Waals surface area contributed by atoms with E-state index in [9.17, 15) is 21.6 Å². The van der Waals surface area contributed by atoms with Gasteiger partial charge in [0.05, 0.1) is 28.5 Å². The summed E-state index contributed by atoms with van der Waals surface area (Å²) in [6.07, 6.45) is 1.38. The number of carbonyl (C=O) groups excluding carboxylic acids is 1. The average Bonchev–Trinajstić information content (AvgIpc) is 3.21. The van der Waals surface area contributed by atoms with Crippen LogP contribution in [-0.4, -0.2) is 55.2 Å². The number of aryl methyl sites for hydroxylation is 1. The van der Waals surface area contributed by atoms with Crippen molar-refractivity contribution in [2.45, 2.75) is 56.6 Å². The van der Waals surface area contributed by atoms with Gasteiger partial charge in [-0.25, -0.2) is 26.8 Å². The van der Waals surface area contributed by atoms with Gasteiger partial charge in [-0.1, -0.05) is 79.5 Å². The summed E-state index contributed by atoms with van der Waals surface area (Å²) >= 11 is 6.30. The smallest absolute Gasteiger partial charge is 0.274 e. The first kappa shape index (κ1) is 28.2. The fraction of sp³-hybridized carbons (Fsp3) is 0.370. The molecule has 1 unspecified atom stereocenters. The van der Waals surface area contributed by atoms with E-state index in [-0.39, 0.29) is 40.9 Å². The van der Waals surface area contributed by atoms with E-state index in [1.54, 1.807) is 18.2 Å². The van der Waals surface area contributed by atoms with E-state index >= 15 is 0 Å². The number of carbonyl (C=O) groups is 1. The van der Waals surface area contributed by atoms with Crippen LogP contribution in [0.2, 0.25) is 5.02 Å². The van der Waals surface area contributed by atoms with Crippen LogP contribution in [0.25, 0.3) is 0 Å². The van der Waals surface area contributed by atoms with Crippen molar-refractivity contribution in [3.63, 3.8) is 0 Å². The summed E-state index contributed by atoms with van der Waals surface area (Å²) in [7, 11) is -7.29. The molecule has 1 fully saturated rings. The van der Waals surface area contributed by atoms with Crippen LogP contribution in [0.5, 0.6) is 0 Å². The highest BCUT2D eigenvalue weighted by Gasteiger charge is 2.36. The summed E-state index contributed by atoms with van der Waals surface area (Å²) in [5, 5.41) is -0.613. The van der Waals surface area contributed by atoms with Crippen molar-refractivity contribution in [1.82, 2.24) is 14.9 Å². The van der Waals surface area contributed by atoms with Crippen LogP contribution in [0.4, 0.5) is 0 Å². The molecule has 8 nitrogen and oxygen atoms in total. The molecule has 1 atom stereocenters. The molecule has 0 aliphatic carbocycles. The monoisotopic (exact) mass is 575 g/mol. The minimum absolute atomic E-state index is 0.0264. The molecule has 0 bridgehead atoms. The minimum Gasteiger partial charge on any atom is -0.329 e. The first-order chi connectivity index (χ1) is 17.8. The lowest BCUT2D eigenvalue weighted by Crippen LogP contribution is -2.41. The minimum atomic E-state index is -3.99. The number of rotatable bonds is 8. The Morgan fingerprint density at radius 1 is 1.13 bits per heavy atom. The average molecular weight is 576 g/mol. The van der Waals surface area contributed by atoms with Crippen LogP contribution in [0, 0.1) is 6.92 Å². The summed E-state index contributed by atoms with van der Waals surface area (Å²) in [6.45, 7) is 6.15. The molecule has 0 spiro atoms. The standard InChI is InChI=1S/C27H30ClN3O5S2/c1-18(2)22-9-7-20(8-10-22)15-31(23-11-12-37(33,34)17-23)26(32)25-24(28)14-29-27(30-25)38(35,36)16-21-6-4-5-19(3)13-21/h4-10,13-14,18,23H,11-12,15-17H2,1-3H3. The number of hydrogen-bond donors (Lipinski definition) is 0. The van der Waals surface area contributed by atoms with Gasteiger partial charge in [-0.05, 0) is 36.0 Å². The molecule has 0 N–H and O–H groups in total. The fourth-order valence-electron chi connectivity index (χ4n) is 4.47. The molecule has 0 radical (unpaired) electrons. The Bertz CT molecular complexity index is 1560. The molecular formula is C27H30ClN3O5S2. The van der Waals surface area contributed by atoms with Crippen LogP contribution in [0.15, 0.2) is 59.9 Å². The Morgan fingerprint density at radius 3 is 2.45 bits per heavy atom. The first-order valence-electron chi connectivity index (χ1n) is 12.3. The molecule has 4 rings (SSSR count). The molecule has 38 heavy (non-hydrogen) atoms. The highest BCUT2D eigenvalue weighted by molar-refractivity contribution is 7.91. The van der Waals surface area contributed by atoms with Gasteiger partial charge < -0.3 is 4.90 Å². The second-order valence-electron chi connectivity index (χ2n) is 9.98. The zero-order chi connectivity index (χ0) is 27.7. The first-order valence-corrected chi connectivity index (χ1v) is 16.1. The van der Waals surface area contributed by atoms with Crippen molar-refractivity contribution in [3.8, 4) is 0 Å². The maximum absolute atomic E-state index is 13.8. The normalized spacial score (nSPS) is 17.0. The molecule has 3 aromatic rings. The van der Waals surface area contributed by atoms with Gasteiger partial charge in [-0.3, -0.25) is 4.79 Å². The van der Waals surface area contributed by atoms with E-state index in [0.717, 1.165) is 22.9 Å². The quantitative estimate of drug-likeness (QED) is 0.366. The van der Waals surface area contributed by atoms with Crippen LogP contribution < -0.4 is 0 Å². The molecule has 2 aromatic carbocycles. The number of sulfone groups is 2. The molecule has 1 saturated heterocycles. The summed E-state index contributed by atoms with van der Waals surface area (Å²) in [5.41, 5.74) is 3.16. The van der Waals surface area contributed by atoms with Gasteiger partial charge in [0, 0.05) is 12.6 Å². The highest BCUT2D eigenvalue weighted by atomic mass is 35.5. The number of benzene rings is 2. The maximum atomic E-state index is 13.8. The summed E-state index contributed by atoms with van der Waals surface area (Å²) in [5.74, 6) is -0.844. The Morgan fingerprint density at radius 2 is 1.84 bits per heavy atom. The number of hydrogen-bond acceptors (Lipinski definition) is 7. The van der Waals surface area contributed by atoms with Crippen LogP contribution in [-0.2, 0) is 32.0 Å². The lowest BCUT2D eigenvalue weighted by Gasteiger charge is -2.28. The molecule has 1 aliphatic heterocycles. The van der Waals surface area contributed by atoms with E-state index in [1.807, 2.05) is 37.3 Å². The second-order valence-corrected chi connectivity index (χ2v) is 14.5.